The summed E-state index contributed by atoms with van der Waals surface area (Å²) in [5, 5.41) is 4.14. The normalized spacial score (nSPS) is 10.5. The van der Waals surface area contributed by atoms with Gasteiger partial charge < -0.3 is 0 Å². The molecule has 0 aromatic heterocycles. The van der Waals surface area contributed by atoms with Gasteiger partial charge in [-0.15, -0.1) is 4.91 Å². The molecule has 0 fully saturated rings. The third-order valence-corrected chi connectivity index (χ3v) is 2.66. The predicted octanol–water partition coefficient (Wildman–Crippen LogP) is 3.97. The summed E-state index contributed by atoms with van der Waals surface area (Å²) in [6.45, 7) is 0. The maximum absolute atomic E-state index is 10.4. The fourth-order valence-electron chi connectivity index (χ4n) is 1.60. The van der Waals surface area contributed by atoms with Crippen LogP contribution in [-0.4, -0.2) is 7.05 Å². The van der Waals surface area contributed by atoms with Gasteiger partial charge in [0.05, 0.1) is 11.0 Å². The van der Waals surface area contributed by atoms with Gasteiger partial charge in [0.15, 0.2) is 0 Å². The lowest BCUT2D eigenvalue weighted by molar-refractivity contribution is 1.00. The number of benzene rings is 2. The second kappa shape index (κ2) is 5.77. The van der Waals surface area contributed by atoms with Crippen molar-refractivity contribution in [1.82, 2.24) is 0 Å². The van der Waals surface area contributed by atoms with Gasteiger partial charge >= 0.3 is 0 Å². The molecule has 0 amide bonds. The summed E-state index contributed by atoms with van der Waals surface area (Å²) in [5.41, 5.74) is 3.03. The van der Waals surface area contributed by atoms with Crippen LogP contribution in [0.1, 0.15) is 11.1 Å². The van der Waals surface area contributed by atoms with Crippen molar-refractivity contribution in [3.8, 4) is 0 Å². The minimum absolute atomic E-state index is 0.780. The van der Waals surface area contributed by atoms with E-state index < -0.39 is 0 Å². The van der Waals surface area contributed by atoms with Crippen LogP contribution in [0.5, 0.6) is 0 Å². The quantitative estimate of drug-likeness (QED) is 0.458. The average Bonchev–Trinajstić information content (AvgIpc) is 2.46. The van der Waals surface area contributed by atoms with Crippen molar-refractivity contribution in [3.63, 3.8) is 0 Å². The second-order valence-electron chi connectivity index (χ2n) is 3.94. The Morgan fingerprint density at radius 1 is 0.889 bits per heavy atom. The van der Waals surface area contributed by atoms with Crippen molar-refractivity contribution in [3.05, 3.63) is 70.6 Å². The molecule has 0 aliphatic carbocycles. The number of rotatable bonds is 4. The molecule has 0 bridgehead atoms. The van der Waals surface area contributed by atoms with E-state index in [1.165, 1.54) is 5.01 Å². The zero-order valence-corrected chi connectivity index (χ0v) is 10.2. The zero-order chi connectivity index (χ0) is 12.8. The first-order valence-corrected chi connectivity index (χ1v) is 5.70. The minimum Gasteiger partial charge on any atom is -0.232 e. The fraction of sp³-hybridized carbons (Fsp3) is 0.0667. The summed E-state index contributed by atoms with van der Waals surface area (Å²) in [7, 11) is 1.63. The van der Waals surface area contributed by atoms with Crippen LogP contribution in [0.15, 0.2) is 59.9 Å². The molecule has 0 spiro atoms. The van der Waals surface area contributed by atoms with Crippen molar-refractivity contribution >= 4 is 17.8 Å². The summed E-state index contributed by atoms with van der Waals surface area (Å²) in [6, 6.07) is 17.8. The standard InChI is InChI=1S/C15H14N2O/c1-17(16-18)15-11-9-14(10-12-15)8-7-13-5-3-2-4-6-13/h2-12H,1H3/b8-7+. The van der Waals surface area contributed by atoms with Crippen molar-refractivity contribution in [2.45, 2.75) is 0 Å². The van der Waals surface area contributed by atoms with Crippen LogP contribution < -0.4 is 5.01 Å². The molecule has 0 N–H and O–H groups in total. The van der Waals surface area contributed by atoms with E-state index in [0.29, 0.717) is 0 Å². The molecule has 2 rings (SSSR count). The minimum atomic E-state index is 0.780. The van der Waals surface area contributed by atoms with Gasteiger partial charge in [-0.3, -0.25) is 0 Å². The van der Waals surface area contributed by atoms with Crippen LogP contribution in [0.4, 0.5) is 5.69 Å². The number of anilines is 1. The first kappa shape index (κ1) is 12.0. The lowest BCUT2D eigenvalue weighted by Crippen LogP contribution is -2.05. The van der Waals surface area contributed by atoms with Gasteiger partial charge in [-0.25, -0.2) is 5.01 Å². The van der Waals surface area contributed by atoms with E-state index in [-0.39, 0.29) is 0 Å². The Bertz CT molecular complexity index is 532. The maximum atomic E-state index is 10.4. The van der Waals surface area contributed by atoms with E-state index in [2.05, 4.69) is 23.5 Å². The van der Waals surface area contributed by atoms with Gasteiger partial charge in [0.25, 0.3) is 0 Å². The molecule has 0 unspecified atom stereocenters. The third-order valence-electron chi connectivity index (χ3n) is 2.66. The highest BCUT2D eigenvalue weighted by molar-refractivity contribution is 5.70. The van der Waals surface area contributed by atoms with Crippen molar-refractivity contribution in [1.29, 1.82) is 0 Å². The summed E-state index contributed by atoms with van der Waals surface area (Å²) >= 11 is 0. The van der Waals surface area contributed by atoms with E-state index in [1.54, 1.807) is 7.05 Å². The number of hydrogen-bond acceptors (Lipinski definition) is 2. The second-order valence-corrected chi connectivity index (χ2v) is 3.94. The Hall–Kier alpha value is -2.42. The number of nitroso groups, excluding NO2 is 1. The van der Waals surface area contributed by atoms with Crippen LogP contribution >= 0.6 is 0 Å². The van der Waals surface area contributed by atoms with Crippen LogP contribution in [0.25, 0.3) is 12.2 Å². The molecule has 0 saturated heterocycles. The molecule has 0 saturated carbocycles. The number of nitrogens with zero attached hydrogens (tertiary/aromatic N) is 2. The van der Waals surface area contributed by atoms with Crippen LogP contribution in [-0.2, 0) is 0 Å². The van der Waals surface area contributed by atoms with E-state index in [9.17, 15) is 4.91 Å². The summed E-state index contributed by atoms with van der Waals surface area (Å²) in [5.74, 6) is 0. The van der Waals surface area contributed by atoms with Crippen LogP contribution in [0.3, 0.4) is 0 Å². The molecule has 3 heteroatoms. The maximum Gasteiger partial charge on any atom is 0.0623 e. The third kappa shape index (κ3) is 3.04. The zero-order valence-electron chi connectivity index (χ0n) is 10.2. The Kier molecular flexibility index (Phi) is 3.86. The summed E-state index contributed by atoms with van der Waals surface area (Å²) in [4.78, 5) is 10.4. The molecule has 2 aromatic carbocycles. The largest absolute Gasteiger partial charge is 0.232 e. The monoisotopic (exact) mass is 238 g/mol. The topological polar surface area (TPSA) is 32.7 Å². The molecule has 0 atom stereocenters. The van der Waals surface area contributed by atoms with Gasteiger partial charge in [0.2, 0.25) is 0 Å². The highest BCUT2D eigenvalue weighted by atomic mass is 16.3. The molecule has 0 aliphatic rings. The van der Waals surface area contributed by atoms with Crippen LogP contribution in [0.2, 0.25) is 0 Å². The first-order valence-electron chi connectivity index (χ1n) is 5.70. The Morgan fingerprint density at radius 3 is 2.00 bits per heavy atom. The molecule has 3 nitrogen and oxygen atoms in total. The fourth-order valence-corrected chi connectivity index (χ4v) is 1.60. The van der Waals surface area contributed by atoms with Crippen molar-refractivity contribution in [2.75, 3.05) is 12.1 Å². The van der Waals surface area contributed by atoms with E-state index >= 15 is 0 Å². The first-order chi connectivity index (χ1) is 8.79. The summed E-state index contributed by atoms with van der Waals surface area (Å²) in [6.07, 6.45) is 4.09. The molecular weight excluding hydrogens is 224 g/mol. The van der Waals surface area contributed by atoms with Gasteiger partial charge in [-0.05, 0) is 23.3 Å². The highest BCUT2D eigenvalue weighted by Gasteiger charge is 1.98. The van der Waals surface area contributed by atoms with Gasteiger partial charge in [0, 0.05) is 7.05 Å². The predicted molar refractivity (Wildman–Crippen MR) is 76.0 cm³/mol. The molecule has 0 heterocycles. The SMILES string of the molecule is CN(N=O)c1ccc(/C=C/c2ccccc2)cc1. The van der Waals surface area contributed by atoms with Gasteiger partial charge in [-0.2, -0.15) is 0 Å². The highest BCUT2D eigenvalue weighted by Crippen LogP contribution is 2.15. The Balaban J connectivity index is 2.11. The van der Waals surface area contributed by atoms with E-state index in [0.717, 1.165) is 16.8 Å². The molecular formula is C15H14N2O. The van der Waals surface area contributed by atoms with Crippen LogP contribution in [0, 0.1) is 4.91 Å². The van der Waals surface area contributed by atoms with Crippen molar-refractivity contribution in [2.24, 2.45) is 5.29 Å². The Morgan fingerprint density at radius 2 is 1.44 bits per heavy atom. The molecule has 90 valence electrons. The lowest BCUT2D eigenvalue weighted by atomic mass is 10.1. The van der Waals surface area contributed by atoms with Crippen molar-refractivity contribution < 1.29 is 0 Å². The number of hydrogen-bond donors (Lipinski definition) is 0. The lowest BCUT2D eigenvalue weighted by Gasteiger charge is -2.07. The van der Waals surface area contributed by atoms with E-state index in [4.69, 9.17) is 0 Å². The van der Waals surface area contributed by atoms with E-state index in [1.807, 2.05) is 48.5 Å². The molecule has 0 radical (unpaired) electrons. The Labute approximate surface area is 106 Å². The average molecular weight is 238 g/mol. The molecule has 2 aromatic rings. The molecule has 18 heavy (non-hydrogen) atoms. The van der Waals surface area contributed by atoms with Gasteiger partial charge in [-0.1, -0.05) is 54.6 Å². The molecule has 0 aliphatic heterocycles. The summed E-state index contributed by atoms with van der Waals surface area (Å²) < 4.78 is 0. The smallest absolute Gasteiger partial charge is 0.0623 e. The van der Waals surface area contributed by atoms with Gasteiger partial charge in [0.1, 0.15) is 0 Å².